The number of aryl methyl sites for hydroxylation is 1. The van der Waals surface area contributed by atoms with Crippen LogP contribution in [0.3, 0.4) is 0 Å². The van der Waals surface area contributed by atoms with Crippen LogP contribution < -0.4 is 5.73 Å². The van der Waals surface area contributed by atoms with Crippen LogP contribution >= 0.6 is 35.0 Å². The van der Waals surface area contributed by atoms with Crippen molar-refractivity contribution < 1.29 is 9.59 Å². The van der Waals surface area contributed by atoms with E-state index < -0.39 is 0 Å². The average Bonchev–Trinajstić information content (AvgIpc) is 3.33. The lowest BCUT2D eigenvalue weighted by atomic mass is 10.0. The van der Waals surface area contributed by atoms with E-state index in [4.69, 9.17) is 28.9 Å². The van der Waals surface area contributed by atoms with Gasteiger partial charge in [0.2, 0.25) is 5.91 Å². The molecule has 2 fully saturated rings. The van der Waals surface area contributed by atoms with Gasteiger partial charge in [-0.2, -0.15) is 0 Å². The molecule has 0 aromatic heterocycles. The topological polar surface area (TPSA) is 66.6 Å². The smallest absolute Gasteiger partial charge is 0.255 e. The summed E-state index contributed by atoms with van der Waals surface area (Å²) in [6.07, 6.45) is 2.23. The Kier molecular flexibility index (Phi) is 7.06. The minimum Gasteiger partial charge on any atom is -0.370 e. The summed E-state index contributed by atoms with van der Waals surface area (Å²) in [6.45, 7) is 4.98. The highest BCUT2D eigenvalue weighted by molar-refractivity contribution is 7.98. The van der Waals surface area contributed by atoms with Crippen molar-refractivity contribution >= 4 is 46.8 Å². The van der Waals surface area contributed by atoms with Crippen molar-refractivity contribution in [2.75, 3.05) is 32.4 Å². The summed E-state index contributed by atoms with van der Waals surface area (Å²) < 4.78 is 0. The Morgan fingerprint density at radius 2 is 1.75 bits per heavy atom. The Balaban J connectivity index is 1.48. The molecule has 32 heavy (non-hydrogen) atoms. The quantitative estimate of drug-likeness (QED) is 0.597. The number of rotatable bonds is 6. The second-order valence-electron chi connectivity index (χ2n) is 8.72. The molecule has 3 atom stereocenters. The van der Waals surface area contributed by atoms with Crippen molar-refractivity contribution in [1.82, 2.24) is 9.80 Å². The van der Waals surface area contributed by atoms with Crippen molar-refractivity contribution in [3.8, 4) is 0 Å². The number of nitrogens with two attached hydrogens (primary N) is 1. The van der Waals surface area contributed by atoms with E-state index in [1.54, 1.807) is 17.8 Å². The summed E-state index contributed by atoms with van der Waals surface area (Å²) in [7, 11) is 0. The van der Waals surface area contributed by atoms with Crippen LogP contribution in [0.5, 0.6) is 0 Å². The zero-order chi connectivity index (χ0) is 23.0. The fraction of sp³-hybridized carbons (Fsp3) is 0.417. The molecule has 170 valence electrons. The van der Waals surface area contributed by atoms with Gasteiger partial charge < -0.3 is 10.6 Å². The van der Waals surface area contributed by atoms with Gasteiger partial charge in [-0.1, -0.05) is 35.3 Å². The van der Waals surface area contributed by atoms with Gasteiger partial charge in [-0.3, -0.25) is 14.5 Å². The van der Waals surface area contributed by atoms with Crippen molar-refractivity contribution in [1.29, 1.82) is 0 Å². The predicted molar refractivity (Wildman–Crippen MR) is 130 cm³/mol. The second kappa shape index (κ2) is 9.64. The predicted octanol–water partition coefficient (Wildman–Crippen LogP) is 4.64. The summed E-state index contributed by atoms with van der Waals surface area (Å²) in [6, 6.07) is 11.4. The number of nitrogens with zero attached hydrogens (tertiary/aromatic N) is 2. The molecule has 2 aromatic rings. The lowest BCUT2D eigenvalue weighted by Gasteiger charge is -2.29. The number of thioether (sulfide) groups is 1. The average molecular weight is 492 g/mol. The molecule has 4 rings (SSSR count). The number of benzene rings is 2. The van der Waals surface area contributed by atoms with Gasteiger partial charge in [-0.15, -0.1) is 11.8 Å². The van der Waals surface area contributed by atoms with Crippen LogP contribution in [0.4, 0.5) is 0 Å². The number of halogens is 2. The molecule has 3 unspecified atom stereocenters. The van der Waals surface area contributed by atoms with Crippen LogP contribution in [0.1, 0.15) is 33.9 Å². The van der Waals surface area contributed by atoms with Crippen molar-refractivity contribution in [2.45, 2.75) is 24.3 Å². The summed E-state index contributed by atoms with van der Waals surface area (Å²) in [5.74, 6) is 0.380. The minimum absolute atomic E-state index is 0.00847. The fourth-order valence-electron chi connectivity index (χ4n) is 4.88. The number of primary amides is 1. The SMILES string of the molecule is CSc1ccc(Cl)c(C(=O)N2CC3CN(C(CC(N)=O)c4ccc(C)c(Cl)c4)CC3C2)c1. The standard InChI is InChI=1S/C24H27Cl2N3O2S/c1-14-3-4-15(7-21(14)26)22(9-23(27)30)28-10-16-12-29(13-17(16)11-28)24(31)19-8-18(32-2)5-6-20(19)25/h3-8,16-17,22H,9-13H2,1-2H3,(H2,27,30). The van der Waals surface area contributed by atoms with Gasteiger partial charge in [0, 0.05) is 48.6 Å². The molecule has 0 saturated carbocycles. The van der Waals surface area contributed by atoms with Gasteiger partial charge in [0.1, 0.15) is 0 Å². The third kappa shape index (κ3) is 4.79. The molecule has 5 nitrogen and oxygen atoms in total. The largest absolute Gasteiger partial charge is 0.370 e. The van der Waals surface area contributed by atoms with E-state index in [1.165, 1.54) is 0 Å². The monoisotopic (exact) mass is 491 g/mol. The normalized spacial score (nSPS) is 21.6. The molecule has 2 N–H and O–H groups in total. The molecular weight excluding hydrogens is 465 g/mol. The number of carbonyl (C=O) groups is 2. The number of fused-ring (bicyclic) bond motifs is 1. The van der Waals surface area contributed by atoms with E-state index in [1.807, 2.05) is 48.4 Å². The van der Waals surface area contributed by atoms with Gasteiger partial charge in [0.25, 0.3) is 5.91 Å². The first-order valence-corrected chi connectivity index (χ1v) is 12.7. The van der Waals surface area contributed by atoms with Crippen LogP contribution in [0.2, 0.25) is 10.0 Å². The molecule has 2 amide bonds. The summed E-state index contributed by atoms with van der Waals surface area (Å²) >= 11 is 14.3. The molecule has 2 heterocycles. The highest BCUT2D eigenvalue weighted by Gasteiger charge is 2.44. The van der Waals surface area contributed by atoms with Crippen LogP contribution in [0.25, 0.3) is 0 Å². The maximum atomic E-state index is 13.2. The van der Waals surface area contributed by atoms with E-state index in [-0.39, 0.29) is 24.3 Å². The Morgan fingerprint density at radius 1 is 1.06 bits per heavy atom. The number of likely N-dealkylation sites (tertiary alicyclic amines) is 2. The first-order valence-electron chi connectivity index (χ1n) is 10.7. The van der Waals surface area contributed by atoms with E-state index in [2.05, 4.69) is 4.90 Å². The third-order valence-electron chi connectivity index (χ3n) is 6.62. The molecule has 2 saturated heterocycles. The van der Waals surface area contributed by atoms with Crippen LogP contribution in [-0.4, -0.2) is 54.0 Å². The fourth-order valence-corrected chi connectivity index (χ4v) is 5.71. The molecule has 0 aliphatic carbocycles. The van der Waals surface area contributed by atoms with Crippen LogP contribution in [-0.2, 0) is 4.79 Å². The summed E-state index contributed by atoms with van der Waals surface area (Å²) in [5, 5.41) is 1.18. The number of carbonyl (C=O) groups excluding carboxylic acids is 2. The lowest BCUT2D eigenvalue weighted by molar-refractivity contribution is -0.119. The maximum absolute atomic E-state index is 13.2. The Bertz CT molecular complexity index is 1030. The van der Waals surface area contributed by atoms with Gasteiger partial charge >= 0.3 is 0 Å². The zero-order valence-electron chi connectivity index (χ0n) is 18.2. The molecular formula is C24H27Cl2N3O2S. The van der Waals surface area contributed by atoms with E-state index in [0.29, 0.717) is 40.5 Å². The highest BCUT2D eigenvalue weighted by Crippen LogP contribution is 2.39. The van der Waals surface area contributed by atoms with Crippen molar-refractivity contribution in [3.63, 3.8) is 0 Å². The highest BCUT2D eigenvalue weighted by atomic mass is 35.5. The molecule has 0 radical (unpaired) electrons. The lowest BCUT2D eigenvalue weighted by Crippen LogP contribution is -2.36. The Labute approximate surface area is 203 Å². The van der Waals surface area contributed by atoms with Gasteiger partial charge in [0.05, 0.1) is 10.6 Å². The second-order valence-corrected chi connectivity index (χ2v) is 10.4. The van der Waals surface area contributed by atoms with E-state index in [0.717, 1.165) is 29.1 Å². The zero-order valence-corrected chi connectivity index (χ0v) is 20.5. The Morgan fingerprint density at radius 3 is 2.34 bits per heavy atom. The van der Waals surface area contributed by atoms with E-state index in [9.17, 15) is 9.59 Å². The number of hydrogen-bond acceptors (Lipinski definition) is 4. The van der Waals surface area contributed by atoms with Crippen LogP contribution in [0, 0.1) is 18.8 Å². The maximum Gasteiger partial charge on any atom is 0.255 e. The summed E-state index contributed by atoms with van der Waals surface area (Å²) in [4.78, 5) is 30.2. The van der Waals surface area contributed by atoms with Crippen LogP contribution in [0.15, 0.2) is 41.3 Å². The minimum atomic E-state index is -0.330. The molecule has 0 spiro atoms. The van der Waals surface area contributed by atoms with Gasteiger partial charge in [-0.05, 0) is 60.4 Å². The van der Waals surface area contributed by atoms with Crippen molar-refractivity contribution in [2.24, 2.45) is 17.6 Å². The molecule has 8 heteroatoms. The first-order chi connectivity index (χ1) is 15.3. The van der Waals surface area contributed by atoms with Gasteiger partial charge in [-0.25, -0.2) is 0 Å². The molecule has 2 aromatic carbocycles. The summed E-state index contributed by atoms with van der Waals surface area (Å²) in [5.41, 5.74) is 8.16. The molecule has 0 bridgehead atoms. The number of hydrogen-bond donors (Lipinski definition) is 1. The van der Waals surface area contributed by atoms with Crippen molar-refractivity contribution in [3.05, 3.63) is 63.1 Å². The number of amides is 2. The Hall–Kier alpha value is -1.73. The third-order valence-corrected chi connectivity index (χ3v) is 8.08. The first kappa shape index (κ1) is 23.4. The van der Waals surface area contributed by atoms with Gasteiger partial charge in [0.15, 0.2) is 0 Å². The molecule has 2 aliphatic heterocycles. The van der Waals surface area contributed by atoms with E-state index >= 15 is 0 Å². The molecule has 2 aliphatic rings.